The fourth-order valence-electron chi connectivity index (χ4n) is 5.99. The maximum absolute atomic E-state index is 13.9. The molecule has 0 radical (unpaired) electrons. The normalized spacial score (nSPS) is 14.0. The SMILES string of the molecule is COC(=O)N[C@@H](Cc1ccccn1)C(=O)N[C@@H](Cc1ccccc1)[C@@H](O)C[C@H](Cc1ccc(-c2ccccn2)cc1)NC(=O)[C@@H](NC(=O)OC)C(C)(C)C. The van der Waals surface area contributed by atoms with Gasteiger partial charge >= 0.3 is 12.2 Å². The van der Waals surface area contributed by atoms with E-state index in [0.29, 0.717) is 12.1 Å². The lowest BCUT2D eigenvalue weighted by Gasteiger charge is -2.33. The van der Waals surface area contributed by atoms with Crippen LogP contribution in [-0.4, -0.2) is 83.6 Å². The van der Waals surface area contributed by atoms with Crippen LogP contribution in [0, 0.1) is 5.41 Å². The molecule has 2 aromatic carbocycles. The molecule has 13 heteroatoms. The first-order valence-electron chi connectivity index (χ1n) is 17.8. The zero-order valence-electron chi connectivity index (χ0n) is 31.3. The number of hydrogen-bond donors (Lipinski definition) is 5. The molecular formula is C41H50N6O7. The van der Waals surface area contributed by atoms with Crippen molar-refractivity contribution in [3.05, 3.63) is 120 Å². The molecule has 286 valence electrons. The highest BCUT2D eigenvalue weighted by atomic mass is 16.5. The van der Waals surface area contributed by atoms with Crippen LogP contribution in [0.2, 0.25) is 0 Å². The second kappa shape index (κ2) is 19.9. The van der Waals surface area contributed by atoms with Gasteiger partial charge in [-0.05, 0) is 60.1 Å². The topological polar surface area (TPSA) is 181 Å². The van der Waals surface area contributed by atoms with Gasteiger partial charge in [0.05, 0.1) is 32.1 Å². The second-order valence-electron chi connectivity index (χ2n) is 14.1. The van der Waals surface area contributed by atoms with Crippen molar-refractivity contribution in [3.8, 4) is 11.3 Å². The van der Waals surface area contributed by atoms with E-state index < -0.39 is 59.7 Å². The van der Waals surface area contributed by atoms with E-state index in [1.807, 2.05) is 93.6 Å². The molecule has 0 aliphatic carbocycles. The van der Waals surface area contributed by atoms with Gasteiger partial charge in [0.2, 0.25) is 11.8 Å². The highest BCUT2D eigenvalue weighted by molar-refractivity contribution is 5.87. The van der Waals surface area contributed by atoms with E-state index in [1.54, 1.807) is 30.6 Å². The second-order valence-corrected chi connectivity index (χ2v) is 14.1. The number of pyridine rings is 2. The molecule has 5 atom stereocenters. The Kier molecular flexibility index (Phi) is 15.1. The van der Waals surface area contributed by atoms with Crippen molar-refractivity contribution in [2.45, 2.75) is 76.7 Å². The Bertz CT molecular complexity index is 1790. The van der Waals surface area contributed by atoms with Crippen LogP contribution in [0.15, 0.2) is 103 Å². The number of benzene rings is 2. The summed E-state index contributed by atoms with van der Waals surface area (Å²) in [6.45, 7) is 5.47. The zero-order valence-corrected chi connectivity index (χ0v) is 31.3. The molecular weight excluding hydrogens is 688 g/mol. The zero-order chi connectivity index (χ0) is 39.1. The molecule has 13 nitrogen and oxygen atoms in total. The summed E-state index contributed by atoms with van der Waals surface area (Å²) >= 11 is 0. The van der Waals surface area contributed by atoms with Gasteiger partial charge in [-0.1, -0.05) is 87.5 Å². The molecule has 5 N–H and O–H groups in total. The first kappa shape index (κ1) is 40.9. The predicted molar refractivity (Wildman–Crippen MR) is 204 cm³/mol. The van der Waals surface area contributed by atoms with Crippen molar-refractivity contribution in [2.75, 3.05) is 14.2 Å². The van der Waals surface area contributed by atoms with Crippen LogP contribution in [0.5, 0.6) is 0 Å². The van der Waals surface area contributed by atoms with Crippen molar-refractivity contribution < 1.29 is 33.8 Å². The van der Waals surface area contributed by atoms with Gasteiger partial charge in [-0.3, -0.25) is 19.6 Å². The van der Waals surface area contributed by atoms with Crippen LogP contribution in [-0.2, 0) is 38.3 Å². The number of aromatic nitrogens is 2. The van der Waals surface area contributed by atoms with Gasteiger partial charge in [0, 0.05) is 36.1 Å². The average Bonchev–Trinajstić information content (AvgIpc) is 3.17. The maximum Gasteiger partial charge on any atom is 0.407 e. The number of aliphatic hydroxyl groups is 1. The van der Waals surface area contributed by atoms with Gasteiger partial charge in [0.25, 0.3) is 0 Å². The van der Waals surface area contributed by atoms with Crippen molar-refractivity contribution >= 4 is 24.0 Å². The number of amides is 4. The first-order valence-corrected chi connectivity index (χ1v) is 17.8. The maximum atomic E-state index is 13.9. The van der Waals surface area contributed by atoms with Crippen LogP contribution in [0.25, 0.3) is 11.3 Å². The molecule has 2 heterocycles. The molecule has 4 aromatic rings. The number of carbonyl (C=O) groups excluding carboxylic acids is 4. The van der Waals surface area contributed by atoms with Gasteiger partial charge in [0.1, 0.15) is 12.1 Å². The Morgan fingerprint density at radius 1 is 0.667 bits per heavy atom. The highest BCUT2D eigenvalue weighted by Crippen LogP contribution is 2.22. The van der Waals surface area contributed by atoms with Crippen LogP contribution in [0.1, 0.15) is 44.0 Å². The van der Waals surface area contributed by atoms with Gasteiger partial charge in [-0.2, -0.15) is 0 Å². The van der Waals surface area contributed by atoms with Crippen LogP contribution < -0.4 is 21.3 Å². The number of rotatable bonds is 16. The summed E-state index contributed by atoms with van der Waals surface area (Å²) in [5, 5.41) is 23.2. The van der Waals surface area contributed by atoms with Crippen molar-refractivity contribution in [1.82, 2.24) is 31.2 Å². The van der Waals surface area contributed by atoms with E-state index in [4.69, 9.17) is 9.47 Å². The minimum Gasteiger partial charge on any atom is -0.453 e. The Labute approximate surface area is 316 Å². The Balaban J connectivity index is 1.63. The fourth-order valence-corrected chi connectivity index (χ4v) is 5.99. The van der Waals surface area contributed by atoms with Gasteiger partial charge in [-0.15, -0.1) is 0 Å². The Morgan fingerprint density at radius 2 is 1.28 bits per heavy atom. The van der Waals surface area contributed by atoms with E-state index in [-0.39, 0.29) is 19.3 Å². The first-order chi connectivity index (χ1) is 25.9. The largest absolute Gasteiger partial charge is 0.453 e. The van der Waals surface area contributed by atoms with Crippen molar-refractivity contribution in [3.63, 3.8) is 0 Å². The Hall–Kier alpha value is -5.82. The number of aliphatic hydroxyl groups excluding tert-OH is 1. The van der Waals surface area contributed by atoms with E-state index in [2.05, 4.69) is 31.2 Å². The summed E-state index contributed by atoms with van der Waals surface area (Å²) in [7, 11) is 2.43. The number of alkyl carbamates (subject to hydrolysis) is 2. The fraction of sp³-hybridized carbons (Fsp3) is 0.366. The number of nitrogens with one attached hydrogen (secondary N) is 4. The quantitative estimate of drug-likeness (QED) is 0.111. The predicted octanol–water partition coefficient (Wildman–Crippen LogP) is 4.39. The average molecular weight is 739 g/mol. The molecule has 54 heavy (non-hydrogen) atoms. The van der Waals surface area contributed by atoms with Gasteiger partial charge < -0.3 is 35.8 Å². The lowest BCUT2D eigenvalue weighted by Crippen LogP contribution is -2.57. The standard InChI is InChI=1S/C41H50N6O7/c1-41(2,3)36(47-40(52)54-5)38(50)44-31(23-28-17-19-29(20-18-28)32-16-10-12-22-43-32)26-35(48)33(24-27-13-7-6-8-14-27)45-37(49)34(46-39(51)53-4)25-30-15-9-11-21-42-30/h6-22,31,33-36,48H,23-26H2,1-5H3,(H,44,50)(H,45,49)(H,46,51)(H,47,52)/t31-,33-,34-,35-,36+/m0/s1. The highest BCUT2D eigenvalue weighted by Gasteiger charge is 2.36. The molecule has 0 saturated carbocycles. The third kappa shape index (κ3) is 12.7. The van der Waals surface area contributed by atoms with E-state index in [0.717, 1.165) is 22.4 Å². The van der Waals surface area contributed by atoms with Crippen LogP contribution >= 0.6 is 0 Å². The van der Waals surface area contributed by atoms with Gasteiger partial charge in [-0.25, -0.2) is 9.59 Å². The van der Waals surface area contributed by atoms with Crippen molar-refractivity contribution in [1.29, 1.82) is 0 Å². The minimum atomic E-state index is -1.18. The molecule has 4 amide bonds. The molecule has 0 spiro atoms. The summed E-state index contributed by atoms with van der Waals surface area (Å²) < 4.78 is 9.59. The molecule has 2 aromatic heterocycles. The van der Waals surface area contributed by atoms with E-state index >= 15 is 0 Å². The van der Waals surface area contributed by atoms with E-state index in [1.165, 1.54) is 14.2 Å². The summed E-state index contributed by atoms with van der Waals surface area (Å²) in [6.07, 6.45) is 1.25. The number of carbonyl (C=O) groups is 4. The lowest BCUT2D eigenvalue weighted by molar-refractivity contribution is -0.127. The summed E-state index contributed by atoms with van der Waals surface area (Å²) in [5.74, 6) is -1.01. The van der Waals surface area contributed by atoms with Crippen LogP contribution in [0.4, 0.5) is 9.59 Å². The van der Waals surface area contributed by atoms with Crippen molar-refractivity contribution in [2.24, 2.45) is 5.41 Å². The molecule has 0 aliphatic rings. The minimum absolute atomic E-state index is 0.0237. The molecule has 0 fully saturated rings. The third-order valence-corrected chi connectivity index (χ3v) is 8.87. The summed E-state index contributed by atoms with van der Waals surface area (Å²) in [6, 6.07) is 24.6. The third-order valence-electron chi connectivity index (χ3n) is 8.87. The number of methoxy groups -OCH3 is 2. The summed E-state index contributed by atoms with van der Waals surface area (Å²) in [5.41, 5.74) is 3.34. The molecule has 0 aliphatic heterocycles. The molecule has 0 unspecified atom stereocenters. The molecule has 4 rings (SSSR count). The van der Waals surface area contributed by atoms with E-state index in [9.17, 15) is 24.3 Å². The molecule has 0 saturated heterocycles. The smallest absolute Gasteiger partial charge is 0.407 e. The number of hydrogen-bond acceptors (Lipinski definition) is 9. The number of ether oxygens (including phenoxy) is 2. The lowest BCUT2D eigenvalue weighted by atomic mass is 9.85. The summed E-state index contributed by atoms with van der Waals surface area (Å²) in [4.78, 5) is 61.1. The molecule has 0 bridgehead atoms. The number of nitrogens with zero attached hydrogens (tertiary/aromatic N) is 2. The van der Waals surface area contributed by atoms with Gasteiger partial charge in [0.15, 0.2) is 0 Å². The van der Waals surface area contributed by atoms with Crippen LogP contribution in [0.3, 0.4) is 0 Å². The Morgan fingerprint density at radius 3 is 1.87 bits per heavy atom. The monoisotopic (exact) mass is 738 g/mol.